The van der Waals surface area contributed by atoms with Crippen LogP contribution in [0.3, 0.4) is 0 Å². The number of aromatic amines is 1. The number of anilines is 1. The van der Waals surface area contributed by atoms with Crippen molar-refractivity contribution in [3.8, 4) is 11.8 Å². The Morgan fingerprint density at radius 2 is 2.11 bits per heavy atom. The van der Waals surface area contributed by atoms with Crippen molar-refractivity contribution in [3.05, 3.63) is 71.2 Å². The third kappa shape index (κ3) is 5.60. The fourth-order valence-electron chi connectivity index (χ4n) is 4.00. The predicted molar refractivity (Wildman–Crippen MR) is 142 cm³/mol. The average molecular weight is 505 g/mol. The summed E-state index contributed by atoms with van der Waals surface area (Å²) in [5, 5.41) is 10.5. The van der Waals surface area contributed by atoms with E-state index >= 15 is 0 Å². The van der Waals surface area contributed by atoms with Crippen molar-refractivity contribution in [2.75, 3.05) is 36.8 Å². The highest BCUT2D eigenvalue weighted by molar-refractivity contribution is 7.99. The van der Waals surface area contributed by atoms with E-state index in [1.54, 1.807) is 7.11 Å². The van der Waals surface area contributed by atoms with Crippen molar-refractivity contribution >= 4 is 34.8 Å². The number of nitrogens with zero attached hydrogens (tertiary/aromatic N) is 5. The average Bonchev–Trinajstić information content (AvgIpc) is 3.59. The Morgan fingerprint density at radius 3 is 2.94 bits per heavy atom. The van der Waals surface area contributed by atoms with E-state index in [4.69, 9.17) is 9.47 Å². The van der Waals surface area contributed by atoms with Crippen LogP contribution in [0.2, 0.25) is 0 Å². The van der Waals surface area contributed by atoms with E-state index in [9.17, 15) is 5.11 Å². The third-order valence-corrected chi connectivity index (χ3v) is 6.88. The number of nitrogens with one attached hydrogen (secondary N) is 1. The first-order valence-corrected chi connectivity index (χ1v) is 12.9. The molecule has 9 nitrogen and oxygen atoms in total. The molecule has 2 aromatic carbocycles. The Labute approximate surface area is 213 Å². The zero-order chi connectivity index (χ0) is 24.7. The summed E-state index contributed by atoms with van der Waals surface area (Å²) in [6.45, 7) is 1.56. The van der Waals surface area contributed by atoms with E-state index in [0.29, 0.717) is 43.1 Å². The van der Waals surface area contributed by atoms with Gasteiger partial charge in [-0.15, -0.1) is 11.8 Å². The number of fused-ring (bicyclic) bond motifs is 1. The number of aliphatic hydroxyl groups excluding tert-OH is 1. The number of hydrogen-bond donors (Lipinski definition) is 2. The van der Waals surface area contributed by atoms with Crippen LogP contribution in [-0.2, 0) is 19.6 Å². The van der Waals surface area contributed by atoms with Gasteiger partial charge in [0.2, 0.25) is 5.95 Å². The SMILES string of the molecule is COc1cc(CCOc2nc(CN=Cc3c[nH]c4ccccc34)nc(N3CCSC3)n2)ccc1CO. The fourth-order valence-corrected chi connectivity index (χ4v) is 4.94. The van der Waals surface area contributed by atoms with Crippen LogP contribution in [0.15, 0.2) is 53.7 Å². The smallest absolute Gasteiger partial charge is 0.321 e. The van der Waals surface area contributed by atoms with Gasteiger partial charge in [-0.25, -0.2) is 0 Å². The molecule has 1 saturated heterocycles. The van der Waals surface area contributed by atoms with Gasteiger partial charge in [-0.1, -0.05) is 30.3 Å². The Kier molecular flexibility index (Phi) is 7.63. The van der Waals surface area contributed by atoms with Crippen molar-refractivity contribution in [2.45, 2.75) is 19.6 Å². The Balaban J connectivity index is 1.29. The minimum atomic E-state index is -0.0616. The van der Waals surface area contributed by atoms with Crippen LogP contribution in [0.25, 0.3) is 10.9 Å². The molecule has 0 saturated carbocycles. The Bertz CT molecular complexity index is 1350. The molecule has 3 heterocycles. The summed E-state index contributed by atoms with van der Waals surface area (Å²) in [5.41, 5.74) is 3.89. The number of rotatable bonds is 10. The number of para-hydroxylation sites is 1. The van der Waals surface area contributed by atoms with E-state index in [1.165, 1.54) is 0 Å². The molecule has 2 N–H and O–H groups in total. The number of aliphatic hydroxyl groups is 1. The maximum Gasteiger partial charge on any atom is 0.321 e. The number of aromatic nitrogens is 4. The highest BCUT2D eigenvalue weighted by Gasteiger charge is 2.18. The van der Waals surface area contributed by atoms with Crippen LogP contribution >= 0.6 is 11.8 Å². The standard InChI is InChI=1S/C26H28N6O3S/c1-34-23-12-18(6-7-19(23)16-33)8-10-35-26-30-24(29-25(31-26)32-9-11-36-17-32)15-27-13-20-14-28-22-5-3-2-4-21(20)22/h2-7,12-14,28,33H,8-11,15-17H2,1H3. The molecule has 1 aliphatic heterocycles. The highest BCUT2D eigenvalue weighted by Crippen LogP contribution is 2.23. The Morgan fingerprint density at radius 1 is 1.19 bits per heavy atom. The fraction of sp³-hybridized carbons (Fsp3) is 0.308. The molecule has 36 heavy (non-hydrogen) atoms. The van der Waals surface area contributed by atoms with E-state index < -0.39 is 0 Å². The van der Waals surface area contributed by atoms with Gasteiger partial charge in [0.05, 0.1) is 32.7 Å². The van der Waals surface area contributed by atoms with Gasteiger partial charge in [0.25, 0.3) is 0 Å². The van der Waals surface area contributed by atoms with Gasteiger partial charge in [-0.2, -0.15) is 15.0 Å². The number of methoxy groups -OCH3 is 1. The maximum atomic E-state index is 9.42. The van der Waals surface area contributed by atoms with Gasteiger partial charge in [-0.05, 0) is 17.7 Å². The van der Waals surface area contributed by atoms with E-state index in [2.05, 4.69) is 35.9 Å². The number of ether oxygens (including phenoxy) is 2. The van der Waals surface area contributed by atoms with Gasteiger partial charge in [0.1, 0.15) is 5.75 Å². The van der Waals surface area contributed by atoms with Gasteiger partial charge in [-0.3, -0.25) is 4.99 Å². The van der Waals surface area contributed by atoms with Crippen molar-refractivity contribution in [1.82, 2.24) is 19.9 Å². The van der Waals surface area contributed by atoms with Crippen LogP contribution < -0.4 is 14.4 Å². The van der Waals surface area contributed by atoms with Crippen LogP contribution in [0.5, 0.6) is 11.8 Å². The second kappa shape index (κ2) is 11.4. The van der Waals surface area contributed by atoms with E-state index in [-0.39, 0.29) is 6.61 Å². The van der Waals surface area contributed by atoms with Gasteiger partial charge in [0, 0.05) is 53.2 Å². The summed E-state index contributed by atoms with van der Waals surface area (Å²) in [5.74, 6) is 3.74. The topological polar surface area (TPSA) is 109 Å². The second-order valence-corrected chi connectivity index (χ2v) is 9.37. The molecule has 0 amide bonds. The third-order valence-electron chi connectivity index (χ3n) is 5.91. The van der Waals surface area contributed by atoms with Crippen LogP contribution in [0, 0.1) is 0 Å². The molecule has 10 heteroatoms. The van der Waals surface area contributed by atoms with Crippen molar-refractivity contribution in [2.24, 2.45) is 4.99 Å². The van der Waals surface area contributed by atoms with Gasteiger partial charge >= 0.3 is 6.01 Å². The molecular formula is C26H28N6O3S. The molecule has 0 unspecified atom stereocenters. The van der Waals surface area contributed by atoms with Crippen molar-refractivity contribution in [1.29, 1.82) is 0 Å². The lowest BCUT2D eigenvalue weighted by Gasteiger charge is -2.15. The number of thioether (sulfide) groups is 1. The molecule has 2 aromatic heterocycles. The summed E-state index contributed by atoms with van der Waals surface area (Å²) in [6, 6.07) is 14.2. The maximum absolute atomic E-state index is 9.42. The minimum absolute atomic E-state index is 0.0616. The summed E-state index contributed by atoms with van der Waals surface area (Å²) in [6.07, 6.45) is 4.44. The lowest BCUT2D eigenvalue weighted by molar-refractivity contribution is 0.273. The Hall–Kier alpha value is -3.63. The summed E-state index contributed by atoms with van der Waals surface area (Å²) < 4.78 is 11.3. The summed E-state index contributed by atoms with van der Waals surface area (Å²) in [7, 11) is 1.60. The molecule has 186 valence electrons. The molecule has 0 spiro atoms. The number of H-pyrrole nitrogens is 1. The van der Waals surface area contributed by atoms with Crippen LogP contribution in [0.4, 0.5) is 5.95 Å². The number of benzene rings is 2. The summed E-state index contributed by atoms with van der Waals surface area (Å²) >= 11 is 1.85. The first kappa shape index (κ1) is 24.1. The molecular weight excluding hydrogens is 476 g/mol. The number of hydrogen-bond acceptors (Lipinski definition) is 9. The molecule has 4 aromatic rings. The first-order valence-electron chi connectivity index (χ1n) is 11.8. The second-order valence-electron chi connectivity index (χ2n) is 8.30. The normalized spacial score (nSPS) is 13.7. The monoisotopic (exact) mass is 504 g/mol. The quantitative estimate of drug-likeness (QED) is 0.315. The molecule has 0 atom stereocenters. The summed E-state index contributed by atoms with van der Waals surface area (Å²) in [4.78, 5) is 23.7. The molecule has 1 fully saturated rings. The van der Waals surface area contributed by atoms with Crippen molar-refractivity contribution < 1.29 is 14.6 Å². The zero-order valence-corrected chi connectivity index (χ0v) is 20.9. The predicted octanol–water partition coefficient (Wildman–Crippen LogP) is 3.61. The van der Waals surface area contributed by atoms with Gasteiger partial charge < -0.3 is 24.5 Å². The highest BCUT2D eigenvalue weighted by atomic mass is 32.2. The van der Waals surface area contributed by atoms with Crippen LogP contribution in [-0.4, -0.2) is 63.1 Å². The zero-order valence-electron chi connectivity index (χ0n) is 20.1. The first-order chi connectivity index (χ1) is 17.7. The molecule has 0 radical (unpaired) electrons. The lowest BCUT2D eigenvalue weighted by Crippen LogP contribution is -2.22. The molecule has 1 aliphatic rings. The molecule has 0 aliphatic carbocycles. The largest absolute Gasteiger partial charge is 0.496 e. The minimum Gasteiger partial charge on any atom is -0.496 e. The molecule has 0 bridgehead atoms. The van der Waals surface area contributed by atoms with E-state index in [1.807, 2.05) is 60.6 Å². The lowest BCUT2D eigenvalue weighted by atomic mass is 10.1. The van der Waals surface area contributed by atoms with Crippen LogP contribution in [0.1, 0.15) is 22.5 Å². The van der Waals surface area contributed by atoms with Crippen molar-refractivity contribution in [3.63, 3.8) is 0 Å². The number of aliphatic imine (C=N–C) groups is 1. The van der Waals surface area contributed by atoms with E-state index in [0.717, 1.165) is 45.8 Å². The van der Waals surface area contributed by atoms with Gasteiger partial charge in [0.15, 0.2) is 5.82 Å². The molecule has 5 rings (SSSR count).